The molecular formula is C27H24F3N5O5S. The molecule has 214 valence electrons. The van der Waals surface area contributed by atoms with Gasteiger partial charge >= 0.3 is 6.18 Å². The van der Waals surface area contributed by atoms with Gasteiger partial charge in [-0.3, -0.25) is 19.7 Å². The van der Waals surface area contributed by atoms with Crippen LogP contribution in [0.5, 0.6) is 5.75 Å². The molecular weight excluding hydrogens is 563 g/mol. The van der Waals surface area contributed by atoms with Crippen molar-refractivity contribution in [1.82, 2.24) is 15.2 Å². The minimum absolute atomic E-state index is 0.0435. The van der Waals surface area contributed by atoms with Crippen LogP contribution in [-0.2, 0) is 22.3 Å². The Bertz CT molecular complexity index is 1450. The zero-order chi connectivity index (χ0) is 29.1. The van der Waals surface area contributed by atoms with Gasteiger partial charge in [0.15, 0.2) is 0 Å². The van der Waals surface area contributed by atoms with Crippen LogP contribution in [0.15, 0.2) is 34.9 Å². The van der Waals surface area contributed by atoms with Crippen molar-refractivity contribution in [3.05, 3.63) is 57.8 Å². The standard InChI is InChI=1S/C27H24F3N5O5S/c28-27(29,30)23-14-18(34-9-7-20(8-10-34)41-33-39)13-17(31-23)2-1-11-40-19-3-4-21-16(12-19)15-35(26(21)38)22-5-6-24(36)32-25(22)37/h3-4,12-14,20,22H,5-11,15H2,(H,32,36,37). The number of ether oxygens (including phenoxy) is 1. The number of piperidine rings is 2. The Balaban J connectivity index is 1.25. The van der Waals surface area contributed by atoms with E-state index in [1.165, 1.54) is 11.0 Å². The van der Waals surface area contributed by atoms with Crippen molar-refractivity contribution in [3.8, 4) is 17.6 Å². The monoisotopic (exact) mass is 587 g/mol. The van der Waals surface area contributed by atoms with E-state index in [9.17, 15) is 32.5 Å². The van der Waals surface area contributed by atoms with Crippen LogP contribution in [0, 0.1) is 16.7 Å². The smallest absolute Gasteiger partial charge is 0.433 e. The lowest BCUT2D eigenvalue weighted by Crippen LogP contribution is -2.52. The number of fused-ring (bicyclic) bond motifs is 1. The summed E-state index contributed by atoms with van der Waals surface area (Å²) in [5.41, 5.74) is 0.335. The molecule has 10 nitrogen and oxygen atoms in total. The highest BCUT2D eigenvalue weighted by molar-refractivity contribution is 7.98. The molecule has 0 radical (unpaired) electrons. The lowest BCUT2D eigenvalue weighted by molar-refractivity contribution is -0.141. The third-order valence-corrected chi connectivity index (χ3v) is 7.98. The molecule has 1 atom stereocenters. The van der Waals surface area contributed by atoms with Gasteiger partial charge in [0.2, 0.25) is 11.8 Å². The molecule has 14 heteroatoms. The van der Waals surface area contributed by atoms with Crippen LogP contribution < -0.4 is 15.0 Å². The van der Waals surface area contributed by atoms with Gasteiger partial charge in [0, 0.05) is 59.1 Å². The van der Waals surface area contributed by atoms with Crippen molar-refractivity contribution in [2.24, 2.45) is 4.58 Å². The van der Waals surface area contributed by atoms with Gasteiger partial charge in [-0.15, -0.1) is 4.91 Å². The van der Waals surface area contributed by atoms with Crippen LogP contribution in [0.1, 0.15) is 53.0 Å². The van der Waals surface area contributed by atoms with Crippen molar-refractivity contribution in [2.75, 3.05) is 24.6 Å². The predicted octanol–water partition coefficient (Wildman–Crippen LogP) is 3.68. The van der Waals surface area contributed by atoms with E-state index in [2.05, 4.69) is 26.7 Å². The summed E-state index contributed by atoms with van der Waals surface area (Å²) in [6.45, 7) is 0.999. The Morgan fingerprint density at radius 1 is 1.12 bits per heavy atom. The largest absolute Gasteiger partial charge is 0.481 e. The number of amides is 3. The van der Waals surface area contributed by atoms with Gasteiger partial charge in [0.25, 0.3) is 5.91 Å². The number of hydrogen-bond donors (Lipinski definition) is 1. The summed E-state index contributed by atoms with van der Waals surface area (Å²) in [5.74, 6) is 4.57. The Morgan fingerprint density at radius 2 is 1.90 bits per heavy atom. The molecule has 0 spiro atoms. The SMILES string of the molecule is O=NSC1CCN(c2cc(C#CCOc3ccc4c(c3)CN(C3CCC(=O)NC3=O)C4=O)nc(C(F)(F)F)c2)CC1. The molecule has 0 saturated carbocycles. The molecule has 1 aromatic heterocycles. The average molecular weight is 588 g/mol. The Hall–Kier alpha value is -4.12. The maximum absolute atomic E-state index is 13.5. The van der Waals surface area contributed by atoms with E-state index >= 15 is 0 Å². The Kier molecular flexibility index (Phi) is 8.16. The maximum Gasteiger partial charge on any atom is 0.433 e. The summed E-state index contributed by atoms with van der Waals surface area (Å²) in [4.78, 5) is 53.9. The predicted molar refractivity (Wildman–Crippen MR) is 143 cm³/mol. The highest BCUT2D eigenvalue weighted by Gasteiger charge is 2.39. The van der Waals surface area contributed by atoms with Gasteiger partial charge in [0.05, 0.1) is 0 Å². The fourth-order valence-corrected chi connectivity index (χ4v) is 5.62. The van der Waals surface area contributed by atoms with Crippen molar-refractivity contribution in [2.45, 2.75) is 49.7 Å². The number of carbonyl (C=O) groups excluding carboxylic acids is 3. The van der Waals surface area contributed by atoms with E-state index in [1.807, 2.05) is 4.90 Å². The normalized spacial score (nSPS) is 19.4. The van der Waals surface area contributed by atoms with Crippen molar-refractivity contribution < 1.29 is 32.3 Å². The van der Waals surface area contributed by atoms with E-state index in [4.69, 9.17) is 4.74 Å². The number of nitrogens with one attached hydrogen (secondary N) is 1. The van der Waals surface area contributed by atoms with E-state index in [1.54, 1.807) is 18.2 Å². The molecule has 41 heavy (non-hydrogen) atoms. The fraction of sp³-hybridized carbons (Fsp3) is 0.407. The first-order valence-corrected chi connectivity index (χ1v) is 13.7. The van der Waals surface area contributed by atoms with Crippen LogP contribution in [0.2, 0.25) is 0 Å². The third kappa shape index (κ3) is 6.45. The minimum Gasteiger partial charge on any atom is -0.481 e. The van der Waals surface area contributed by atoms with Crippen molar-refractivity contribution in [3.63, 3.8) is 0 Å². The topological polar surface area (TPSA) is 121 Å². The zero-order valence-electron chi connectivity index (χ0n) is 21.6. The van der Waals surface area contributed by atoms with Gasteiger partial charge in [-0.25, -0.2) is 4.98 Å². The summed E-state index contributed by atoms with van der Waals surface area (Å²) in [6.07, 6.45) is -3.01. The van der Waals surface area contributed by atoms with E-state index in [0.717, 1.165) is 18.0 Å². The number of carbonyl (C=O) groups is 3. The van der Waals surface area contributed by atoms with Crippen molar-refractivity contribution >= 4 is 35.4 Å². The molecule has 3 aliphatic rings. The van der Waals surface area contributed by atoms with Crippen LogP contribution in [0.4, 0.5) is 18.9 Å². The van der Waals surface area contributed by atoms with Crippen LogP contribution in [-0.4, -0.2) is 58.6 Å². The lowest BCUT2D eigenvalue weighted by atomic mass is 10.0. The Labute approximate surface area is 237 Å². The molecule has 2 aromatic rings. The lowest BCUT2D eigenvalue weighted by Gasteiger charge is -2.32. The second-order valence-corrected chi connectivity index (χ2v) is 10.8. The van der Waals surface area contributed by atoms with E-state index in [-0.39, 0.29) is 48.8 Å². The first kappa shape index (κ1) is 28.4. The first-order chi connectivity index (χ1) is 19.6. The molecule has 1 unspecified atom stereocenters. The summed E-state index contributed by atoms with van der Waals surface area (Å²) >= 11 is 0.953. The number of nitroso groups, excluding NO2 is 1. The molecule has 3 aliphatic heterocycles. The minimum atomic E-state index is -4.65. The van der Waals surface area contributed by atoms with Gasteiger partial charge in [-0.2, -0.15) is 13.2 Å². The number of rotatable bonds is 6. The van der Waals surface area contributed by atoms with Crippen LogP contribution in [0.3, 0.4) is 0 Å². The number of halogens is 3. The van der Waals surface area contributed by atoms with Gasteiger partial charge < -0.3 is 14.5 Å². The van der Waals surface area contributed by atoms with E-state index < -0.39 is 23.8 Å². The molecule has 0 bridgehead atoms. The summed E-state index contributed by atoms with van der Waals surface area (Å²) < 4.78 is 49.1. The number of nitrogens with zero attached hydrogens (tertiary/aromatic N) is 4. The Morgan fingerprint density at radius 3 is 2.61 bits per heavy atom. The quantitative estimate of drug-likeness (QED) is 0.235. The molecule has 2 fully saturated rings. The van der Waals surface area contributed by atoms with E-state index in [0.29, 0.717) is 48.5 Å². The molecule has 5 rings (SSSR count). The summed E-state index contributed by atoms with van der Waals surface area (Å²) in [6, 6.07) is 6.58. The first-order valence-electron chi connectivity index (χ1n) is 12.8. The van der Waals surface area contributed by atoms with Crippen molar-refractivity contribution in [1.29, 1.82) is 0 Å². The second kappa shape index (κ2) is 11.8. The number of hydrogen-bond acceptors (Lipinski definition) is 9. The number of alkyl halides is 3. The number of anilines is 1. The molecule has 3 amide bonds. The molecule has 0 aliphatic carbocycles. The molecule has 1 N–H and O–H groups in total. The molecule has 4 heterocycles. The second-order valence-electron chi connectivity index (χ2n) is 9.77. The van der Waals surface area contributed by atoms with Gasteiger partial charge in [-0.1, -0.05) is 5.92 Å². The molecule has 1 aromatic carbocycles. The number of benzene rings is 1. The third-order valence-electron chi connectivity index (χ3n) is 7.12. The highest BCUT2D eigenvalue weighted by Crippen LogP contribution is 2.33. The van der Waals surface area contributed by atoms with Crippen LogP contribution in [0.25, 0.3) is 0 Å². The van der Waals surface area contributed by atoms with Gasteiger partial charge in [0.1, 0.15) is 29.8 Å². The fourth-order valence-electron chi connectivity index (χ4n) is 5.07. The average Bonchev–Trinajstić information content (AvgIpc) is 3.26. The van der Waals surface area contributed by atoms with Crippen LogP contribution >= 0.6 is 11.9 Å². The van der Waals surface area contributed by atoms with Gasteiger partial charge in [-0.05, 0) is 61.1 Å². The maximum atomic E-state index is 13.5. The zero-order valence-corrected chi connectivity index (χ0v) is 22.4. The highest BCUT2D eigenvalue weighted by atomic mass is 32.2. The summed E-state index contributed by atoms with van der Waals surface area (Å²) in [5, 5.41) is 2.30. The number of imide groups is 1. The molecule has 2 saturated heterocycles. The summed E-state index contributed by atoms with van der Waals surface area (Å²) in [7, 11) is 0. The number of aromatic nitrogens is 1. The number of pyridine rings is 1.